The predicted molar refractivity (Wildman–Crippen MR) is 123 cm³/mol. The molecule has 1 N–H and O–H groups in total. The molecule has 0 atom stereocenters. The Morgan fingerprint density at radius 1 is 1.26 bits per heavy atom. The molecule has 0 fully saturated rings. The molecular formula is C23H22N4O3S. The van der Waals surface area contributed by atoms with Gasteiger partial charge in [-0.25, -0.2) is 4.98 Å². The molecule has 1 aliphatic heterocycles. The van der Waals surface area contributed by atoms with Crippen LogP contribution < -0.4 is 16.4 Å². The Morgan fingerprint density at radius 2 is 2.06 bits per heavy atom. The quantitative estimate of drug-likeness (QED) is 0.639. The molecule has 0 bridgehead atoms. The number of aliphatic imine (C=N–C) groups is 1. The number of H-pyrrole nitrogens is 1. The average Bonchev–Trinajstić information content (AvgIpc) is 3.42. The van der Waals surface area contributed by atoms with E-state index in [0.717, 1.165) is 16.8 Å². The van der Waals surface area contributed by atoms with Crippen LogP contribution in [0.5, 0.6) is 0 Å². The number of esters is 1. The van der Waals surface area contributed by atoms with E-state index in [1.807, 2.05) is 35.7 Å². The topological polar surface area (TPSA) is 89.3 Å². The van der Waals surface area contributed by atoms with Crippen molar-refractivity contribution in [1.82, 2.24) is 14.5 Å². The highest BCUT2D eigenvalue weighted by molar-refractivity contribution is 7.07. The largest absolute Gasteiger partial charge is 0.459 e. The van der Waals surface area contributed by atoms with Crippen molar-refractivity contribution in [3.05, 3.63) is 73.7 Å². The number of thiazole rings is 1. The van der Waals surface area contributed by atoms with Crippen LogP contribution in [0.2, 0.25) is 0 Å². The third kappa shape index (κ3) is 4.80. The molecule has 0 amide bonds. The third-order valence-corrected chi connectivity index (χ3v) is 5.06. The summed E-state index contributed by atoms with van der Waals surface area (Å²) in [6.07, 6.45) is 7.09. The number of benzene rings is 1. The molecule has 0 unspecified atom stereocenters. The minimum Gasteiger partial charge on any atom is -0.459 e. The first-order chi connectivity index (χ1) is 14.8. The van der Waals surface area contributed by atoms with E-state index in [2.05, 4.69) is 15.0 Å². The second-order valence-corrected chi connectivity index (χ2v) is 8.74. The van der Waals surface area contributed by atoms with Gasteiger partial charge in [-0.3, -0.25) is 19.1 Å². The molecule has 0 saturated carbocycles. The molecule has 3 heterocycles. The molecule has 1 aromatic carbocycles. The summed E-state index contributed by atoms with van der Waals surface area (Å²) in [6.45, 7) is 5.18. The fraction of sp³-hybridized carbons (Fsp3) is 0.217. The van der Waals surface area contributed by atoms with Crippen LogP contribution in [0.3, 0.4) is 0 Å². The van der Waals surface area contributed by atoms with E-state index < -0.39 is 11.6 Å². The molecule has 2 aromatic heterocycles. The maximum Gasteiger partial charge on any atom is 0.326 e. The number of nitrogens with zero attached hydrogens (tertiary/aromatic N) is 3. The van der Waals surface area contributed by atoms with Gasteiger partial charge in [0.15, 0.2) is 0 Å². The number of carbonyl (C=O) groups is 1. The number of fused-ring (bicyclic) bond motifs is 1. The van der Waals surface area contributed by atoms with E-state index in [9.17, 15) is 9.59 Å². The monoisotopic (exact) mass is 434 g/mol. The lowest BCUT2D eigenvalue weighted by Gasteiger charge is -2.19. The van der Waals surface area contributed by atoms with Crippen LogP contribution in [0, 0.1) is 0 Å². The molecule has 31 heavy (non-hydrogen) atoms. The van der Waals surface area contributed by atoms with Crippen LogP contribution in [-0.4, -0.2) is 32.3 Å². The van der Waals surface area contributed by atoms with Crippen molar-refractivity contribution in [2.24, 2.45) is 4.99 Å². The van der Waals surface area contributed by atoms with E-state index in [0.29, 0.717) is 16.5 Å². The zero-order valence-electron chi connectivity index (χ0n) is 17.5. The number of hydrogen-bond acceptors (Lipinski definition) is 6. The number of hydrogen-bond donors (Lipinski definition) is 1. The molecule has 4 rings (SSSR count). The van der Waals surface area contributed by atoms with Gasteiger partial charge >= 0.3 is 5.97 Å². The number of aromatic amines is 1. The number of allylic oxidation sites excluding steroid dienone is 2. The van der Waals surface area contributed by atoms with E-state index in [4.69, 9.17) is 4.74 Å². The Kier molecular flexibility index (Phi) is 5.56. The van der Waals surface area contributed by atoms with Crippen molar-refractivity contribution >= 4 is 46.9 Å². The Balaban J connectivity index is 1.78. The van der Waals surface area contributed by atoms with Crippen LogP contribution >= 0.6 is 11.3 Å². The molecule has 0 saturated heterocycles. The molecule has 0 radical (unpaired) electrons. The Hall–Kier alpha value is -3.52. The maximum atomic E-state index is 13.0. The zero-order valence-corrected chi connectivity index (χ0v) is 18.3. The first kappa shape index (κ1) is 20.7. The van der Waals surface area contributed by atoms with E-state index in [-0.39, 0.29) is 12.1 Å². The highest BCUT2D eigenvalue weighted by atomic mass is 32.1. The van der Waals surface area contributed by atoms with Crippen molar-refractivity contribution in [3.8, 4) is 0 Å². The lowest BCUT2D eigenvalue weighted by atomic mass is 10.1. The fourth-order valence-corrected chi connectivity index (χ4v) is 3.70. The highest BCUT2D eigenvalue weighted by Crippen LogP contribution is 2.30. The number of ether oxygens (including phenoxy) is 1. The van der Waals surface area contributed by atoms with Crippen molar-refractivity contribution in [2.75, 3.05) is 0 Å². The van der Waals surface area contributed by atoms with Crippen LogP contribution in [0.25, 0.3) is 17.7 Å². The van der Waals surface area contributed by atoms with Crippen molar-refractivity contribution < 1.29 is 9.53 Å². The minimum atomic E-state index is -0.636. The lowest BCUT2D eigenvalue weighted by Crippen LogP contribution is -2.36. The van der Waals surface area contributed by atoms with Crippen LogP contribution in [0.1, 0.15) is 32.0 Å². The molecule has 0 spiro atoms. The number of para-hydroxylation sites is 1. The number of aromatic nitrogens is 3. The van der Waals surface area contributed by atoms with Gasteiger partial charge in [0.1, 0.15) is 23.0 Å². The van der Waals surface area contributed by atoms with Gasteiger partial charge in [0, 0.05) is 22.7 Å². The molecule has 158 valence electrons. The van der Waals surface area contributed by atoms with Crippen molar-refractivity contribution in [2.45, 2.75) is 32.9 Å². The summed E-state index contributed by atoms with van der Waals surface area (Å²) in [5.74, 6) is -0.483. The van der Waals surface area contributed by atoms with Crippen LogP contribution in [-0.2, 0) is 16.1 Å². The number of rotatable bonds is 4. The summed E-state index contributed by atoms with van der Waals surface area (Å²) in [5.41, 5.74) is 4.75. The molecule has 1 aliphatic rings. The summed E-state index contributed by atoms with van der Waals surface area (Å²) in [5, 5.41) is 2.19. The number of nitrogens with one attached hydrogen (secondary N) is 1. The van der Waals surface area contributed by atoms with Gasteiger partial charge in [0.05, 0.1) is 16.9 Å². The Morgan fingerprint density at radius 3 is 2.81 bits per heavy atom. The maximum absolute atomic E-state index is 13.0. The van der Waals surface area contributed by atoms with Crippen molar-refractivity contribution in [1.29, 1.82) is 0 Å². The smallest absolute Gasteiger partial charge is 0.326 e. The highest BCUT2D eigenvalue weighted by Gasteiger charge is 2.18. The molecule has 0 aliphatic carbocycles. The number of imidazole rings is 1. The van der Waals surface area contributed by atoms with Crippen LogP contribution in [0.15, 0.2) is 51.0 Å². The average molecular weight is 435 g/mol. The normalized spacial score (nSPS) is 15.6. The molecule has 3 aromatic rings. The molecule has 7 nitrogen and oxygen atoms in total. The van der Waals surface area contributed by atoms with E-state index >= 15 is 0 Å². The van der Waals surface area contributed by atoms with Gasteiger partial charge in [0.25, 0.3) is 5.56 Å². The lowest BCUT2D eigenvalue weighted by molar-refractivity contribution is -0.155. The summed E-state index contributed by atoms with van der Waals surface area (Å²) >= 11 is 1.44. The third-order valence-electron chi connectivity index (χ3n) is 4.46. The first-order valence-electron chi connectivity index (χ1n) is 9.76. The molecule has 8 heteroatoms. The Labute approximate surface area is 182 Å². The van der Waals surface area contributed by atoms with Gasteiger partial charge in [-0.2, -0.15) is 0 Å². The Bertz CT molecular complexity index is 1350. The van der Waals surface area contributed by atoms with Crippen LogP contribution in [0.4, 0.5) is 5.69 Å². The summed E-state index contributed by atoms with van der Waals surface area (Å²) in [4.78, 5) is 37.1. The van der Waals surface area contributed by atoms with E-state index in [1.54, 1.807) is 44.6 Å². The molecular weight excluding hydrogens is 412 g/mol. The van der Waals surface area contributed by atoms with E-state index in [1.165, 1.54) is 15.9 Å². The predicted octanol–water partition coefficient (Wildman–Crippen LogP) is 2.38. The first-order valence-corrected chi connectivity index (χ1v) is 10.7. The standard InChI is InChI=1S/C23H22N4O3S/c1-23(2,3)30-21(28)12-27-20(26-19(22(27)29)10-16-13-31-14-25-16)9-8-15-11-24-18-7-5-4-6-17(15)18/h4-11,13-14,26H,12H2,1-3H3/b15-8+,19-10-,20-9-. The van der Waals surface area contributed by atoms with Gasteiger partial charge in [-0.05, 0) is 45.1 Å². The SMILES string of the molecule is CC(C)(C)OC(=O)Cn1c(=O)/c(=C/c2cscn2)[nH]/c1=C/C=C1\C=Nc2ccccc21. The van der Waals surface area contributed by atoms with Gasteiger partial charge < -0.3 is 9.72 Å². The fourth-order valence-electron chi connectivity index (χ4n) is 3.18. The van der Waals surface area contributed by atoms with Crippen molar-refractivity contribution in [3.63, 3.8) is 0 Å². The van der Waals surface area contributed by atoms with Gasteiger partial charge in [0.2, 0.25) is 0 Å². The summed E-state index contributed by atoms with van der Waals surface area (Å²) in [7, 11) is 0. The second kappa shape index (κ2) is 8.31. The summed E-state index contributed by atoms with van der Waals surface area (Å²) < 4.78 is 6.78. The minimum absolute atomic E-state index is 0.197. The van der Waals surface area contributed by atoms with Gasteiger partial charge in [-0.15, -0.1) is 11.3 Å². The van der Waals surface area contributed by atoms with Gasteiger partial charge in [-0.1, -0.05) is 18.2 Å². The second-order valence-electron chi connectivity index (χ2n) is 8.02. The summed E-state index contributed by atoms with van der Waals surface area (Å²) in [6, 6.07) is 7.83. The number of carbonyl (C=O) groups excluding carboxylic acids is 1. The zero-order chi connectivity index (χ0) is 22.0.